The summed E-state index contributed by atoms with van der Waals surface area (Å²) in [6.45, 7) is 8.78. The Morgan fingerprint density at radius 3 is 2.26 bits per heavy atom. The van der Waals surface area contributed by atoms with Crippen LogP contribution >= 0.6 is 0 Å². The second-order valence-electron chi connectivity index (χ2n) is 10.7. The van der Waals surface area contributed by atoms with Gasteiger partial charge < -0.3 is 23.5 Å². The summed E-state index contributed by atoms with van der Waals surface area (Å²) in [7, 11) is 0. The molecule has 0 spiro atoms. The van der Waals surface area contributed by atoms with Crippen molar-refractivity contribution in [2.24, 2.45) is 0 Å². The normalized spacial score (nSPS) is 14.9. The SMILES string of the molecule is CCOc1ccc(CN(Cc2ccccc2)Cc2ccc(C(=O)N3CCN(Cc4ccc5c(c4)OCO5)CC3)o2)cc1. The summed E-state index contributed by atoms with van der Waals surface area (Å²) in [6, 6.07) is 28.5. The molecule has 2 aliphatic rings. The number of carbonyl (C=O) groups excluding carboxylic acids is 1. The Labute approximate surface area is 247 Å². The van der Waals surface area contributed by atoms with Crippen LogP contribution in [0.25, 0.3) is 0 Å². The van der Waals surface area contributed by atoms with Crippen LogP contribution in [0.1, 0.15) is 39.9 Å². The van der Waals surface area contributed by atoms with Crippen LogP contribution in [0.2, 0.25) is 0 Å². The van der Waals surface area contributed by atoms with Crippen molar-refractivity contribution in [3.05, 3.63) is 113 Å². The largest absolute Gasteiger partial charge is 0.494 e. The monoisotopic (exact) mass is 567 g/mol. The van der Waals surface area contributed by atoms with Gasteiger partial charge in [-0.05, 0) is 60.0 Å². The molecule has 0 N–H and O–H groups in total. The molecule has 1 amide bonds. The number of nitrogens with zero attached hydrogens (tertiary/aromatic N) is 3. The number of furan rings is 1. The highest BCUT2D eigenvalue weighted by molar-refractivity contribution is 5.91. The van der Waals surface area contributed by atoms with Gasteiger partial charge in [-0.15, -0.1) is 0 Å². The maximum atomic E-state index is 13.3. The Morgan fingerprint density at radius 1 is 0.786 bits per heavy atom. The molecule has 3 heterocycles. The molecular weight excluding hydrogens is 530 g/mol. The molecule has 2 aliphatic heterocycles. The summed E-state index contributed by atoms with van der Waals surface area (Å²) < 4.78 is 22.7. The van der Waals surface area contributed by atoms with Gasteiger partial charge in [-0.2, -0.15) is 0 Å². The van der Waals surface area contributed by atoms with E-state index < -0.39 is 0 Å². The lowest BCUT2D eigenvalue weighted by atomic mass is 10.1. The highest BCUT2D eigenvalue weighted by Crippen LogP contribution is 2.33. The molecule has 0 saturated carbocycles. The molecule has 0 aliphatic carbocycles. The fourth-order valence-electron chi connectivity index (χ4n) is 5.49. The first kappa shape index (κ1) is 27.9. The van der Waals surface area contributed by atoms with Crippen LogP contribution in [0.4, 0.5) is 0 Å². The number of hydrogen-bond donors (Lipinski definition) is 0. The molecule has 3 aromatic carbocycles. The van der Waals surface area contributed by atoms with Gasteiger partial charge in [-0.25, -0.2) is 0 Å². The number of rotatable bonds is 11. The van der Waals surface area contributed by atoms with Gasteiger partial charge in [0, 0.05) is 45.8 Å². The average Bonchev–Trinajstić information content (AvgIpc) is 3.68. The fraction of sp³-hybridized carbons (Fsp3) is 0.324. The molecule has 1 saturated heterocycles. The van der Waals surface area contributed by atoms with Crippen LogP contribution < -0.4 is 14.2 Å². The van der Waals surface area contributed by atoms with E-state index in [9.17, 15) is 4.79 Å². The van der Waals surface area contributed by atoms with E-state index in [1.165, 1.54) is 16.7 Å². The van der Waals surface area contributed by atoms with Gasteiger partial charge >= 0.3 is 0 Å². The lowest BCUT2D eigenvalue weighted by Gasteiger charge is -2.34. The van der Waals surface area contributed by atoms with Gasteiger partial charge in [-0.3, -0.25) is 14.6 Å². The number of benzene rings is 3. The summed E-state index contributed by atoms with van der Waals surface area (Å²) in [4.78, 5) is 19.9. The molecule has 42 heavy (non-hydrogen) atoms. The molecule has 1 fully saturated rings. The maximum Gasteiger partial charge on any atom is 0.289 e. The number of amides is 1. The molecule has 0 radical (unpaired) electrons. The quantitative estimate of drug-likeness (QED) is 0.235. The van der Waals surface area contributed by atoms with Crippen LogP contribution in [-0.4, -0.2) is 60.2 Å². The Hall–Kier alpha value is -4.27. The Bertz CT molecular complexity index is 1460. The van der Waals surface area contributed by atoms with Gasteiger partial charge in [0.05, 0.1) is 13.2 Å². The van der Waals surface area contributed by atoms with Crippen LogP contribution in [0, 0.1) is 0 Å². The highest BCUT2D eigenvalue weighted by Gasteiger charge is 2.25. The third-order valence-corrected chi connectivity index (χ3v) is 7.64. The fourth-order valence-corrected chi connectivity index (χ4v) is 5.49. The third-order valence-electron chi connectivity index (χ3n) is 7.64. The number of carbonyl (C=O) groups is 1. The van der Waals surface area contributed by atoms with E-state index in [1.807, 2.05) is 54.3 Å². The third kappa shape index (κ3) is 6.95. The summed E-state index contributed by atoms with van der Waals surface area (Å²) in [5, 5.41) is 0. The zero-order chi connectivity index (χ0) is 28.7. The Kier molecular flexibility index (Phi) is 8.72. The van der Waals surface area contributed by atoms with Gasteiger partial charge in [0.2, 0.25) is 6.79 Å². The summed E-state index contributed by atoms with van der Waals surface area (Å²) in [5.74, 6) is 3.60. The standard InChI is InChI=1S/C34H37N3O5/c1-2-39-29-11-8-27(9-12-29)22-36(21-26-6-4-3-5-7-26)24-30-13-15-32(42-30)34(38)37-18-16-35(17-19-37)23-28-10-14-31-33(20-28)41-25-40-31/h3-15,20H,2,16-19,21-25H2,1H3. The van der Waals surface area contributed by atoms with E-state index >= 15 is 0 Å². The number of fused-ring (bicyclic) bond motifs is 1. The Morgan fingerprint density at radius 2 is 1.50 bits per heavy atom. The lowest BCUT2D eigenvalue weighted by Crippen LogP contribution is -2.48. The van der Waals surface area contributed by atoms with Crippen molar-refractivity contribution in [1.82, 2.24) is 14.7 Å². The van der Waals surface area contributed by atoms with Crippen LogP contribution in [0.3, 0.4) is 0 Å². The second kappa shape index (κ2) is 13.1. The van der Waals surface area contributed by atoms with Crippen molar-refractivity contribution >= 4 is 5.91 Å². The molecule has 218 valence electrons. The second-order valence-corrected chi connectivity index (χ2v) is 10.7. The maximum absolute atomic E-state index is 13.3. The van der Waals surface area contributed by atoms with E-state index in [0.29, 0.717) is 32.0 Å². The molecule has 6 rings (SSSR count). The highest BCUT2D eigenvalue weighted by atomic mass is 16.7. The minimum Gasteiger partial charge on any atom is -0.494 e. The molecular formula is C34H37N3O5. The summed E-state index contributed by atoms with van der Waals surface area (Å²) >= 11 is 0. The molecule has 4 aromatic rings. The van der Waals surface area contributed by atoms with E-state index in [-0.39, 0.29) is 12.7 Å². The molecule has 0 unspecified atom stereocenters. The molecule has 8 nitrogen and oxygen atoms in total. The first-order chi connectivity index (χ1) is 20.6. The van der Waals surface area contributed by atoms with Gasteiger partial charge in [0.1, 0.15) is 11.5 Å². The molecule has 8 heteroatoms. The molecule has 0 bridgehead atoms. The summed E-state index contributed by atoms with van der Waals surface area (Å²) in [5.41, 5.74) is 3.60. The van der Waals surface area contributed by atoms with E-state index in [0.717, 1.165) is 55.7 Å². The summed E-state index contributed by atoms with van der Waals surface area (Å²) in [6.07, 6.45) is 0. The topological polar surface area (TPSA) is 67.6 Å². The van der Waals surface area contributed by atoms with Crippen LogP contribution in [0.5, 0.6) is 17.2 Å². The number of piperazine rings is 1. The smallest absolute Gasteiger partial charge is 0.289 e. The van der Waals surface area contributed by atoms with Crippen molar-refractivity contribution in [2.45, 2.75) is 33.1 Å². The number of hydrogen-bond acceptors (Lipinski definition) is 7. The van der Waals surface area contributed by atoms with E-state index in [4.69, 9.17) is 18.6 Å². The van der Waals surface area contributed by atoms with Crippen molar-refractivity contribution in [3.63, 3.8) is 0 Å². The van der Waals surface area contributed by atoms with Crippen LogP contribution in [0.15, 0.2) is 89.3 Å². The minimum atomic E-state index is -0.0508. The van der Waals surface area contributed by atoms with E-state index in [2.05, 4.69) is 52.3 Å². The van der Waals surface area contributed by atoms with Gasteiger partial charge in [0.25, 0.3) is 5.91 Å². The van der Waals surface area contributed by atoms with Crippen LogP contribution in [-0.2, 0) is 26.2 Å². The predicted molar refractivity (Wildman–Crippen MR) is 159 cm³/mol. The van der Waals surface area contributed by atoms with E-state index in [1.54, 1.807) is 0 Å². The van der Waals surface area contributed by atoms with Gasteiger partial charge in [0.15, 0.2) is 17.3 Å². The average molecular weight is 568 g/mol. The van der Waals surface area contributed by atoms with Gasteiger partial charge in [-0.1, -0.05) is 48.5 Å². The molecule has 1 aromatic heterocycles. The number of ether oxygens (including phenoxy) is 3. The lowest BCUT2D eigenvalue weighted by molar-refractivity contribution is 0.0594. The predicted octanol–water partition coefficient (Wildman–Crippen LogP) is 5.57. The first-order valence-corrected chi connectivity index (χ1v) is 14.6. The first-order valence-electron chi connectivity index (χ1n) is 14.6. The zero-order valence-corrected chi connectivity index (χ0v) is 24.0. The zero-order valence-electron chi connectivity index (χ0n) is 24.0. The van der Waals surface area contributed by atoms with Crippen molar-refractivity contribution in [3.8, 4) is 17.2 Å². The minimum absolute atomic E-state index is 0.0508. The van der Waals surface area contributed by atoms with Crippen molar-refractivity contribution in [2.75, 3.05) is 39.6 Å². The molecule has 0 atom stereocenters. The Balaban J connectivity index is 1.05. The van der Waals surface area contributed by atoms with Crippen molar-refractivity contribution < 1.29 is 23.4 Å². The van der Waals surface area contributed by atoms with Crippen molar-refractivity contribution in [1.29, 1.82) is 0 Å².